The van der Waals surface area contributed by atoms with Crippen LogP contribution in [0, 0.1) is 5.82 Å². The maximum atomic E-state index is 13.3. The quantitative estimate of drug-likeness (QED) is 0.665. The molecule has 1 saturated heterocycles. The van der Waals surface area contributed by atoms with E-state index in [9.17, 15) is 9.50 Å². The number of hydrogen-bond donors (Lipinski definition) is 2. The summed E-state index contributed by atoms with van der Waals surface area (Å²) in [6, 6.07) is 4.23. The molecule has 1 aromatic rings. The number of aliphatic imine (C=N–C) groups is 1. The van der Waals surface area contributed by atoms with Gasteiger partial charge in [-0.3, -0.25) is 4.99 Å². The van der Waals surface area contributed by atoms with Gasteiger partial charge in [-0.2, -0.15) is 0 Å². The van der Waals surface area contributed by atoms with Crippen molar-refractivity contribution in [2.75, 3.05) is 19.6 Å². The first kappa shape index (κ1) is 15.1. The summed E-state index contributed by atoms with van der Waals surface area (Å²) in [5.41, 5.74) is 6.34. The second-order valence-corrected chi connectivity index (χ2v) is 5.34. The summed E-state index contributed by atoms with van der Waals surface area (Å²) in [6.45, 7) is 1.92. The van der Waals surface area contributed by atoms with Gasteiger partial charge in [0.2, 0.25) is 0 Å². The molecule has 0 amide bonds. The van der Waals surface area contributed by atoms with Gasteiger partial charge in [0.25, 0.3) is 0 Å². The van der Waals surface area contributed by atoms with E-state index in [1.54, 1.807) is 6.07 Å². The molecule has 1 atom stereocenters. The Hall–Kier alpha value is -1.33. The average molecular weight is 300 g/mol. The van der Waals surface area contributed by atoms with Gasteiger partial charge < -0.3 is 15.7 Å². The van der Waals surface area contributed by atoms with E-state index in [1.165, 1.54) is 18.6 Å². The SMILES string of the molecule is NC(=NCC(O)c1ccc(Cl)c(F)c1)N1CCCCC1. The number of nitrogens with two attached hydrogens (primary N) is 1. The molecule has 0 bridgehead atoms. The summed E-state index contributed by atoms with van der Waals surface area (Å²) in [5.74, 6) is -0.102. The molecule has 0 spiro atoms. The molecule has 1 aliphatic heterocycles. The minimum absolute atomic E-state index is 0.0391. The van der Waals surface area contributed by atoms with Crippen LogP contribution in [-0.2, 0) is 0 Å². The Morgan fingerprint density at radius 3 is 2.75 bits per heavy atom. The van der Waals surface area contributed by atoms with Crippen LogP contribution in [0.2, 0.25) is 5.02 Å². The van der Waals surface area contributed by atoms with Crippen LogP contribution >= 0.6 is 11.6 Å². The Morgan fingerprint density at radius 2 is 2.10 bits per heavy atom. The first-order chi connectivity index (χ1) is 9.58. The standard InChI is InChI=1S/C14H19ClFN3O/c15-11-5-4-10(8-12(11)16)13(20)9-18-14(17)19-6-2-1-3-7-19/h4-5,8,13,20H,1-3,6-7,9H2,(H2,17,18). The van der Waals surface area contributed by atoms with Crippen LogP contribution < -0.4 is 5.73 Å². The molecule has 1 fully saturated rings. The number of piperidine rings is 1. The van der Waals surface area contributed by atoms with E-state index < -0.39 is 11.9 Å². The van der Waals surface area contributed by atoms with E-state index in [-0.39, 0.29) is 11.6 Å². The lowest BCUT2D eigenvalue weighted by Crippen LogP contribution is -2.41. The number of benzene rings is 1. The van der Waals surface area contributed by atoms with Crippen LogP contribution in [-0.4, -0.2) is 35.6 Å². The first-order valence-corrected chi connectivity index (χ1v) is 7.13. The number of rotatable bonds is 3. The van der Waals surface area contributed by atoms with Crippen LogP contribution in [0.5, 0.6) is 0 Å². The van der Waals surface area contributed by atoms with Crippen LogP contribution in [0.25, 0.3) is 0 Å². The van der Waals surface area contributed by atoms with Gasteiger partial charge >= 0.3 is 0 Å². The van der Waals surface area contributed by atoms with E-state index >= 15 is 0 Å². The van der Waals surface area contributed by atoms with Crippen molar-refractivity contribution < 1.29 is 9.50 Å². The smallest absolute Gasteiger partial charge is 0.191 e. The van der Waals surface area contributed by atoms with E-state index in [2.05, 4.69) is 4.99 Å². The predicted molar refractivity (Wildman–Crippen MR) is 78.3 cm³/mol. The number of guanidine groups is 1. The van der Waals surface area contributed by atoms with Gasteiger partial charge in [-0.1, -0.05) is 17.7 Å². The summed E-state index contributed by atoms with van der Waals surface area (Å²) in [5, 5.41) is 10.0. The Bertz CT molecular complexity index is 489. The Morgan fingerprint density at radius 1 is 1.40 bits per heavy atom. The number of aliphatic hydroxyl groups is 1. The monoisotopic (exact) mass is 299 g/mol. The highest BCUT2D eigenvalue weighted by Gasteiger charge is 2.14. The van der Waals surface area contributed by atoms with Gasteiger partial charge in [-0.05, 0) is 37.0 Å². The number of halogens is 2. The number of aliphatic hydroxyl groups excluding tert-OH is 1. The lowest BCUT2D eigenvalue weighted by atomic mass is 10.1. The number of nitrogens with zero attached hydrogens (tertiary/aromatic N) is 2. The fraction of sp³-hybridized carbons (Fsp3) is 0.500. The topological polar surface area (TPSA) is 61.9 Å². The summed E-state index contributed by atoms with van der Waals surface area (Å²) in [4.78, 5) is 6.20. The molecule has 0 radical (unpaired) electrons. The van der Waals surface area contributed by atoms with E-state index in [4.69, 9.17) is 17.3 Å². The van der Waals surface area contributed by atoms with Crippen molar-refractivity contribution in [3.8, 4) is 0 Å². The van der Waals surface area contributed by atoms with Gasteiger partial charge in [0.15, 0.2) is 5.96 Å². The summed E-state index contributed by atoms with van der Waals surface area (Å²) in [6.07, 6.45) is 2.56. The molecule has 0 saturated carbocycles. The van der Waals surface area contributed by atoms with Gasteiger partial charge in [0, 0.05) is 13.1 Å². The van der Waals surface area contributed by atoms with Crippen LogP contribution in [0.3, 0.4) is 0 Å². The van der Waals surface area contributed by atoms with Crippen molar-refractivity contribution in [2.45, 2.75) is 25.4 Å². The Labute approximate surface area is 123 Å². The lowest BCUT2D eigenvalue weighted by Gasteiger charge is -2.27. The fourth-order valence-electron chi connectivity index (χ4n) is 2.23. The highest BCUT2D eigenvalue weighted by molar-refractivity contribution is 6.30. The highest BCUT2D eigenvalue weighted by atomic mass is 35.5. The molecule has 0 aromatic heterocycles. The van der Waals surface area contributed by atoms with Crippen LogP contribution in [0.15, 0.2) is 23.2 Å². The molecule has 1 aliphatic rings. The minimum Gasteiger partial charge on any atom is -0.386 e. The molecule has 3 N–H and O–H groups in total. The van der Waals surface area contributed by atoms with Crippen molar-refractivity contribution >= 4 is 17.6 Å². The zero-order valence-corrected chi connectivity index (χ0v) is 12.0. The minimum atomic E-state index is -0.884. The predicted octanol–water partition coefficient (Wildman–Crippen LogP) is 2.31. The zero-order chi connectivity index (χ0) is 14.5. The third-order valence-electron chi connectivity index (χ3n) is 3.43. The van der Waals surface area contributed by atoms with Crippen molar-refractivity contribution in [1.82, 2.24) is 4.90 Å². The van der Waals surface area contributed by atoms with Gasteiger partial charge in [-0.25, -0.2) is 4.39 Å². The molecular formula is C14H19ClFN3O. The molecular weight excluding hydrogens is 281 g/mol. The van der Waals surface area contributed by atoms with E-state index in [0.717, 1.165) is 25.9 Å². The largest absolute Gasteiger partial charge is 0.386 e. The van der Waals surface area contributed by atoms with Crippen molar-refractivity contribution in [2.24, 2.45) is 10.7 Å². The summed E-state index contributed by atoms with van der Waals surface area (Å²) < 4.78 is 13.3. The summed E-state index contributed by atoms with van der Waals surface area (Å²) >= 11 is 5.60. The zero-order valence-electron chi connectivity index (χ0n) is 11.2. The molecule has 0 aliphatic carbocycles. The Kier molecular flexibility index (Phi) is 5.20. The Balaban J connectivity index is 1.96. The third-order valence-corrected chi connectivity index (χ3v) is 3.74. The van der Waals surface area contributed by atoms with Crippen molar-refractivity contribution in [3.63, 3.8) is 0 Å². The molecule has 110 valence electrons. The van der Waals surface area contributed by atoms with Gasteiger partial charge in [0.05, 0.1) is 17.7 Å². The van der Waals surface area contributed by atoms with E-state index in [1.807, 2.05) is 4.90 Å². The molecule has 2 rings (SSSR count). The van der Waals surface area contributed by atoms with Gasteiger partial charge in [0.1, 0.15) is 5.82 Å². The lowest BCUT2D eigenvalue weighted by molar-refractivity contribution is 0.186. The molecule has 4 nitrogen and oxygen atoms in total. The normalized spacial score (nSPS) is 18.1. The van der Waals surface area contributed by atoms with Crippen LogP contribution in [0.1, 0.15) is 30.9 Å². The second-order valence-electron chi connectivity index (χ2n) is 4.94. The molecule has 6 heteroatoms. The van der Waals surface area contributed by atoms with Crippen molar-refractivity contribution in [3.05, 3.63) is 34.6 Å². The van der Waals surface area contributed by atoms with Crippen LogP contribution in [0.4, 0.5) is 4.39 Å². The second kappa shape index (κ2) is 6.90. The molecule has 1 heterocycles. The highest BCUT2D eigenvalue weighted by Crippen LogP contribution is 2.20. The van der Waals surface area contributed by atoms with Crippen molar-refractivity contribution in [1.29, 1.82) is 0 Å². The average Bonchev–Trinajstić information content (AvgIpc) is 2.48. The number of likely N-dealkylation sites (tertiary alicyclic amines) is 1. The molecule has 1 unspecified atom stereocenters. The van der Waals surface area contributed by atoms with E-state index in [0.29, 0.717) is 11.5 Å². The fourth-order valence-corrected chi connectivity index (χ4v) is 2.35. The number of hydrogen-bond acceptors (Lipinski definition) is 2. The maximum absolute atomic E-state index is 13.3. The molecule has 1 aromatic carbocycles. The molecule has 20 heavy (non-hydrogen) atoms. The first-order valence-electron chi connectivity index (χ1n) is 6.76. The maximum Gasteiger partial charge on any atom is 0.191 e. The summed E-state index contributed by atoms with van der Waals surface area (Å²) in [7, 11) is 0. The van der Waals surface area contributed by atoms with Gasteiger partial charge in [-0.15, -0.1) is 0 Å². The third kappa shape index (κ3) is 3.84.